The van der Waals surface area contributed by atoms with Gasteiger partial charge in [-0.25, -0.2) is 9.59 Å². The number of allylic oxidation sites excluding steroid dienone is 1. The average Bonchev–Trinajstić information content (AvgIpc) is 2.80. The van der Waals surface area contributed by atoms with E-state index in [2.05, 4.69) is 16.0 Å². The van der Waals surface area contributed by atoms with Gasteiger partial charge in [0.15, 0.2) is 5.11 Å². The van der Waals surface area contributed by atoms with Crippen molar-refractivity contribution in [2.24, 2.45) is 0 Å². The second-order valence-corrected chi connectivity index (χ2v) is 8.60. The van der Waals surface area contributed by atoms with E-state index in [1.165, 1.54) is 0 Å². The number of urea groups is 1. The number of hydrogen-bond acceptors (Lipinski definition) is 5. The maximum Gasteiger partial charge on any atom is 0.338 e. The number of hydrogen-bond donors (Lipinski definition) is 3. The van der Waals surface area contributed by atoms with Crippen LogP contribution in [0.1, 0.15) is 46.2 Å². The Bertz CT molecular complexity index is 1130. The zero-order chi connectivity index (χ0) is 25.5. The number of esters is 1. The fourth-order valence-corrected chi connectivity index (χ4v) is 4.27. The second-order valence-electron chi connectivity index (χ2n) is 8.21. The van der Waals surface area contributed by atoms with Crippen LogP contribution >= 0.6 is 12.2 Å². The van der Waals surface area contributed by atoms with Crippen LogP contribution in [0.4, 0.5) is 16.2 Å². The molecule has 1 unspecified atom stereocenters. The van der Waals surface area contributed by atoms with E-state index in [-0.39, 0.29) is 6.10 Å². The highest BCUT2D eigenvalue weighted by Crippen LogP contribution is 2.33. The summed E-state index contributed by atoms with van der Waals surface area (Å²) in [6.07, 6.45) is -0.260. The topological polar surface area (TPSA) is 91.9 Å². The van der Waals surface area contributed by atoms with Crippen molar-refractivity contribution in [3.8, 4) is 5.75 Å². The predicted octanol–water partition coefficient (Wildman–Crippen LogP) is 5.21. The summed E-state index contributed by atoms with van der Waals surface area (Å²) in [4.78, 5) is 27.6. The fraction of sp³-hybridized carbons (Fsp3) is 0.346. The first-order valence-electron chi connectivity index (χ1n) is 11.6. The molecule has 2 amide bonds. The summed E-state index contributed by atoms with van der Waals surface area (Å²) < 4.78 is 11.1. The average molecular weight is 497 g/mol. The van der Waals surface area contributed by atoms with Gasteiger partial charge < -0.3 is 30.3 Å². The lowest BCUT2D eigenvalue weighted by Crippen LogP contribution is -2.47. The van der Waals surface area contributed by atoms with E-state index in [0.29, 0.717) is 41.0 Å². The first kappa shape index (κ1) is 26.0. The van der Waals surface area contributed by atoms with E-state index in [9.17, 15) is 9.59 Å². The molecule has 1 aliphatic rings. The first-order chi connectivity index (χ1) is 16.7. The molecule has 0 bridgehead atoms. The Balaban J connectivity index is 1.86. The lowest BCUT2D eigenvalue weighted by atomic mass is 9.94. The number of carbonyl (C=O) groups is 2. The van der Waals surface area contributed by atoms with Crippen molar-refractivity contribution >= 4 is 40.7 Å². The molecule has 0 spiro atoms. The highest BCUT2D eigenvalue weighted by atomic mass is 32.1. The molecule has 3 N–H and O–H groups in total. The standard InChI is InChI=1S/C26H32N4O4S/c1-6-30-17(5)22(24(31)34-16(3)4)23(29-26(30)35)18-11-10-12-19(15-18)27-25(32)28-20-13-8-9-14-21(20)33-7-2/h8-16,23H,6-7H2,1-5H3,(H,29,35)(H2,27,28,32). The number of para-hydroxylation sites is 2. The number of thiocarbonyl (C=S) groups is 1. The van der Waals surface area contributed by atoms with Crippen LogP contribution in [0.2, 0.25) is 0 Å². The van der Waals surface area contributed by atoms with Crippen LogP contribution in [0.25, 0.3) is 0 Å². The van der Waals surface area contributed by atoms with Crippen LogP contribution in [0.3, 0.4) is 0 Å². The number of anilines is 2. The van der Waals surface area contributed by atoms with Crippen LogP contribution in [-0.4, -0.2) is 41.3 Å². The predicted molar refractivity (Wildman–Crippen MR) is 141 cm³/mol. The van der Waals surface area contributed by atoms with Gasteiger partial charge in [-0.15, -0.1) is 0 Å². The second kappa shape index (κ2) is 11.7. The lowest BCUT2D eigenvalue weighted by Gasteiger charge is -2.37. The van der Waals surface area contributed by atoms with E-state index >= 15 is 0 Å². The van der Waals surface area contributed by atoms with Crippen molar-refractivity contribution < 1.29 is 19.1 Å². The Kier molecular flexibility index (Phi) is 8.70. The molecule has 9 heteroatoms. The molecule has 3 rings (SSSR count). The number of amides is 2. The molecule has 35 heavy (non-hydrogen) atoms. The van der Waals surface area contributed by atoms with Gasteiger partial charge in [-0.05, 0) is 76.7 Å². The van der Waals surface area contributed by atoms with Crippen molar-refractivity contribution in [3.63, 3.8) is 0 Å². The lowest BCUT2D eigenvalue weighted by molar-refractivity contribution is -0.143. The summed E-state index contributed by atoms with van der Waals surface area (Å²) in [7, 11) is 0. The van der Waals surface area contributed by atoms with Crippen LogP contribution < -0.4 is 20.7 Å². The third-order valence-electron chi connectivity index (χ3n) is 5.39. The third kappa shape index (κ3) is 6.30. The van der Waals surface area contributed by atoms with Gasteiger partial charge in [0, 0.05) is 17.9 Å². The molecule has 2 aromatic rings. The number of carbonyl (C=O) groups excluding carboxylic acids is 2. The Hall–Kier alpha value is -3.59. The summed E-state index contributed by atoms with van der Waals surface area (Å²) in [5.74, 6) is 0.188. The van der Waals surface area contributed by atoms with E-state index < -0.39 is 18.0 Å². The van der Waals surface area contributed by atoms with Gasteiger partial charge in [0.25, 0.3) is 0 Å². The zero-order valence-corrected chi connectivity index (χ0v) is 21.5. The highest BCUT2D eigenvalue weighted by molar-refractivity contribution is 7.80. The van der Waals surface area contributed by atoms with Crippen molar-refractivity contribution in [1.29, 1.82) is 0 Å². The largest absolute Gasteiger partial charge is 0.492 e. The Morgan fingerprint density at radius 1 is 1.11 bits per heavy atom. The molecule has 1 aliphatic heterocycles. The summed E-state index contributed by atoms with van der Waals surface area (Å²) in [5.41, 5.74) is 3.13. The molecular weight excluding hydrogens is 464 g/mol. The van der Waals surface area contributed by atoms with E-state index in [0.717, 1.165) is 11.3 Å². The number of benzene rings is 2. The fourth-order valence-electron chi connectivity index (χ4n) is 3.89. The Labute approximate surface area is 211 Å². The van der Waals surface area contributed by atoms with Gasteiger partial charge in [-0.2, -0.15) is 0 Å². The molecular formula is C26H32N4O4S. The maximum atomic E-state index is 13.0. The maximum absolute atomic E-state index is 13.0. The molecule has 0 aromatic heterocycles. The van der Waals surface area contributed by atoms with Crippen molar-refractivity contribution in [2.75, 3.05) is 23.8 Å². The van der Waals surface area contributed by atoms with Crippen LogP contribution in [-0.2, 0) is 9.53 Å². The summed E-state index contributed by atoms with van der Waals surface area (Å²) in [5, 5.41) is 9.46. The first-order valence-corrected chi connectivity index (χ1v) is 12.1. The van der Waals surface area contributed by atoms with Crippen molar-refractivity contribution in [2.45, 2.75) is 46.8 Å². The van der Waals surface area contributed by atoms with Crippen molar-refractivity contribution in [3.05, 3.63) is 65.4 Å². The van der Waals surface area contributed by atoms with Gasteiger partial charge in [0.2, 0.25) is 0 Å². The molecule has 0 fully saturated rings. The van der Waals surface area contributed by atoms with Gasteiger partial charge in [-0.3, -0.25) is 0 Å². The Morgan fingerprint density at radius 3 is 2.54 bits per heavy atom. The summed E-state index contributed by atoms with van der Waals surface area (Å²) >= 11 is 5.55. The molecule has 8 nitrogen and oxygen atoms in total. The van der Waals surface area contributed by atoms with Gasteiger partial charge >= 0.3 is 12.0 Å². The number of nitrogens with one attached hydrogen (secondary N) is 3. The third-order valence-corrected chi connectivity index (χ3v) is 5.73. The van der Waals surface area contributed by atoms with Gasteiger partial charge in [0.05, 0.1) is 30.0 Å². The molecule has 1 atom stereocenters. The summed E-state index contributed by atoms with van der Waals surface area (Å²) in [6, 6.07) is 13.6. The summed E-state index contributed by atoms with van der Waals surface area (Å²) in [6.45, 7) is 10.5. The number of nitrogens with zero attached hydrogens (tertiary/aromatic N) is 1. The van der Waals surface area contributed by atoms with Crippen LogP contribution in [0.5, 0.6) is 5.75 Å². The SMILES string of the molecule is CCOc1ccccc1NC(=O)Nc1cccc(C2NC(=S)N(CC)C(C)=C2C(=O)OC(C)C)c1. The van der Waals surface area contributed by atoms with E-state index in [4.69, 9.17) is 21.7 Å². The molecule has 2 aromatic carbocycles. The quantitative estimate of drug-likeness (QED) is 0.341. The van der Waals surface area contributed by atoms with Crippen molar-refractivity contribution in [1.82, 2.24) is 10.2 Å². The minimum Gasteiger partial charge on any atom is -0.492 e. The number of ether oxygens (including phenoxy) is 2. The molecule has 0 saturated carbocycles. The molecule has 0 radical (unpaired) electrons. The smallest absolute Gasteiger partial charge is 0.338 e. The normalized spacial score (nSPS) is 15.5. The van der Waals surface area contributed by atoms with Gasteiger partial charge in [0.1, 0.15) is 5.75 Å². The molecule has 0 saturated heterocycles. The number of rotatable bonds is 8. The molecule has 186 valence electrons. The Morgan fingerprint density at radius 2 is 1.86 bits per heavy atom. The van der Waals surface area contributed by atoms with Crippen LogP contribution in [0.15, 0.2) is 59.8 Å². The van der Waals surface area contributed by atoms with Crippen LogP contribution in [0, 0.1) is 0 Å². The minimum atomic E-state index is -0.514. The van der Waals surface area contributed by atoms with E-state index in [1.807, 2.05) is 69.9 Å². The van der Waals surface area contributed by atoms with E-state index in [1.54, 1.807) is 18.2 Å². The van der Waals surface area contributed by atoms with Gasteiger partial charge in [-0.1, -0.05) is 24.3 Å². The molecule has 1 heterocycles. The molecule has 0 aliphatic carbocycles. The minimum absolute atomic E-state index is 0.260. The zero-order valence-electron chi connectivity index (χ0n) is 20.7. The monoisotopic (exact) mass is 496 g/mol. The highest BCUT2D eigenvalue weighted by Gasteiger charge is 2.34.